The first kappa shape index (κ1) is 28.2. The van der Waals surface area contributed by atoms with Crippen molar-refractivity contribution in [2.45, 2.75) is 39.7 Å². The van der Waals surface area contributed by atoms with Crippen molar-refractivity contribution in [3.05, 3.63) is 77.5 Å². The molecule has 3 N–H and O–H groups in total. The molecule has 1 aliphatic rings. The Kier molecular flexibility index (Phi) is 8.27. The number of pyridine rings is 1. The Morgan fingerprint density at radius 1 is 1.02 bits per heavy atom. The molecule has 41 heavy (non-hydrogen) atoms. The predicted molar refractivity (Wildman–Crippen MR) is 160 cm³/mol. The van der Waals surface area contributed by atoms with Crippen molar-refractivity contribution in [1.29, 1.82) is 0 Å². The van der Waals surface area contributed by atoms with Gasteiger partial charge in [-0.25, -0.2) is 9.97 Å². The van der Waals surface area contributed by atoms with Crippen LogP contribution in [0.3, 0.4) is 0 Å². The molecule has 11 nitrogen and oxygen atoms in total. The largest absolute Gasteiger partial charge is 0.379 e. The molecule has 4 aromatic rings. The van der Waals surface area contributed by atoms with Crippen molar-refractivity contribution in [3.8, 4) is 5.82 Å². The van der Waals surface area contributed by atoms with Gasteiger partial charge in [-0.15, -0.1) is 0 Å². The van der Waals surface area contributed by atoms with Gasteiger partial charge >= 0.3 is 0 Å². The average Bonchev–Trinajstić information content (AvgIpc) is 3.36. The van der Waals surface area contributed by atoms with E-state index in [4.69, 9.17) is 9.84 Å². The van der Waals surface area contributed by atoms with Crippen molar-refractivity contribution < 1.29 is 9.53 Å². The van der Waals surface area contributed by atoms with Gasteiger partial charge in [0.2, 0.25) is 0 Å². The summed E-state index contributed by atoms with van der Waals surface area (Å²) in [7, 11) is 1.81. The van der Waals surface area contributed by atoms with Crippen LogP contribution in [0.5, 0.6) is 0 Å². The maximum absolute atomic E-state index is 13.3. The van der Waals surface area contributed by atoms with Crippen LogP contribution in [-0.4, -0.2) is 68.9 Å². The summed E-state index contributed by atoms with van der Waals surface area (Å²) in [6.07, 6.45) is 3.23. The van der Waals surface area contributed by atoms with Crippen molar-refractivity contribution in [2.75, 3.05) is 49.3 Å². The first-order chi connectivity index (χ1) is 19.7. The number of ether oxygens (including phenoxy) is 1. The molecule has 1 fully saturated rings. The van der Waals surface area contributed by atoms with E-state index < -0.39 is 0 Å². The van der Waals surface area contributed by atoms with E-state index >= 15 is 0 Å². The van der Waals surface area contributed by atoms with Gasteiger partial charge in [0.1, 0.15) is 18.0 Å². The van der Waals surface area contributed by atoms with Crippen LogP contribution >= 0.6 is 0 Å². The number of aromatic nitrogens is 5. The van der Waals surface area contributed by atoms with E-state index in [0.29, 0.717) is 42.6 Å². The Hall–Kier alpha value is -4.35. The monoisotopic (exact) mass is 555 g/mol. The van der Waals surface area contributed by atoms with Gasteiger partial charge in [0.05, 0.1) is 18.9 Å². The Bertz CT molecular complexity index is 1520. The van der Waals surface area contributed by atoms with Crippen molar-refractivity contribution in [3.63, 3.8) is 0 Å². The molecule has 0 bridgehead atoms. The number of rotatable bonds is 8. The summed E-state index contributed by atoms with van der Waals surface area (Å²) < 4.78 is 7.28. The summed E-state index contributed by atoms with van der Waals surface area (Å²) in [6, 6.07) is 13.2. The van der Waals surface area contributed by atoms with Crippen LogP contribution in [0.2, 0.25) is 0 Å². The number of carbonyl (C=O) groups is 1. The fourth-order valence-electron chi connectivity index (χ4n) is 4.52. The maximum atomic E-state index is 13.3. The highest BCUT2D eigenvalue weighted by Crippen LogP contribution is 2.27. The standard InChI is InChI=1S/C30H37N9O2/c1-20-6-7-21(29(40)35-22-8-9-32-25(15-22)30(2,3)4)14-24(20)36-28-16-23(18-38-10-12-41-13-11-38)37-39(28)27-17-26(31-5)33-19-34-27/h6-9,14-17,19,36H,10-13,18H2,1-5H3,(H,31,33,34)(H,32,35,40). The van der Waals surface area contributed by atoms with Crippen LogP contribution in [0.4, 0.5) is 23.0 Å². The van der Waals surface area contributed by atoms with E-state index in [-0.39, 0.29) is 11.3 Å². The van der Waals surface area contributed by atoms with Crippen LogP contribution in [0.1, 0.15) is 48.1 Å². The van der Waals surface area contributed by atoms with Gasteiger partial charge < -0.3 is 20.7 Å². The molecule has 4 heterocycles. The zero-order valence-corrected chi connectivity index (χ0v) is 24.2. The maximum Gasteiger partial charge on any atom is 0.255 e. The molecule has 0 atom stereocenters. The van der Waals surface area contributed by atoms with Gasteiger partial charge in [-0.2, -0.15) is 9.78 Å². The second-order valence-electron chi connectivity index (χ2n) is 11.1. The number of nitrogens with one attached hydrogen (secondary N) is 3. The molecule has 5 rings (SSSR count). The molecule has 214 valence electrons. The summed E-state index contributed by atoms with van der Waals surface area (Å²) in [6.45, 7) is 12.1. The Labute approximate surface area is 240 Å². The van der Waals surface area contributed by atoms with Gasteiger partial charge in [0, 0.05) is 73.1 Å². The summed E-state index contributed by atoms with van der Waals surface area (Å²) in [5, 5.41) is 14.5. The third-order valence-electron chi connectivity index (χ3n) is 6.92. The van der Waals surface area contributed by atoms with E-state index in [1.807, 2.05) is 50.4 Å². The molecule has 0 aliphatic carbocycles. The van der Waals surface area contributed by atoms with E-state index in [2.05, 4.69) is 56.6 Å². The van der Waals surface area contributed by atoms with Crippen molar-refractivity contribution in [1.82, 2.24) is 29.6 Å². The third-order valence-corrected chi connectivity index (χ3v) is 6.92. The lowest BCUT2D eigenvalue weighted by molar-refractivity contribution is 0.0336. The molecule has 0 spiro atoms. The van der Waals surface area contributed by atoms with Gasteiger partial charge in [-0.3, -0.25) is 14.7 Å². The minimum atomic E-state index is -0.199. The zero-order valence-electron chi connectivity index (χ0n) is 24.2. The summed E-state index contributed by atoms with van der Waals surface area (Å²) in [4.78, 5) is 28.7. The molecule has 1 amide bonds. The predicted octanol–water partition coefficient (Wildman–Crippen LogP) is 4.53. The third kappa shape index (κ3) is 6.87. The van der Waals surface area contributed by atoms with Gasteiger partial charge in [0.15, 0.2) is 5.82 Å². The molecular formula is C30H37N9O2. The smallest absolute Gasteiger partial charge is 0.255 e. The van der Waals surface area contributed by atoms with Gasteiger partial charge in [0.25, 0.3) is 5.91 Å². The highest BCUT2D eigenvalue weighted by Gasteiger charge is 2.19. The minimum absolute atomic E-state index is 0.122. The molecule has 1 saturated heterocycles. The lowest BCUT2D eigenvalue weighted by atomic mass is 9.91. The molecule has 0 radical (unpaired) electrons. The highest BCUT2D eigenvalue weighted by atomic mass is 16.5. The fourth-order valence-corrected chi connectivity index (χ4v) is 4.52. The van der Waals surface area contributed by atoms with Gasteiger partial charge in [-0.1, -0.05) is 26.8 Å². The second-order valence-corrected chi connectivity index (χ2v) is 11.1. The van der Waals surface area contributed by atoms with Crippen molar-refractivity contribution >= 4 is 28.9 Å². The quantitative estimate of drug-likeness (QED) is 0.288. The van der Waals surface area contributed by atoms with Gasteiger partial charge in [-0.05, 0) is 36.8 Å². The number of morpholine rings is 1. The SMILES string of the molecule is CNc1cc(-n2nc(CN3CCOCC3)cc2Nc2cc(C(=O)Nc3ccnc(C(C)(C)C)c3)ccc2C)ncn1. The van der Waals surface area contributed by atoms with Crippen LogP contribution in [0, 0.1) is 6.92 Å². The van der Waals surface area contributed by atoms with E-state index in [0.717, 1.165) is 41.5 Å². The number of hydrogen-bond acceptors (Lipinski definition) is 9. The number of nitrogens with zero attached hydrogens (tertiary/aromatic N) is 6. The second kappa shape index (κ2) is 12.0. The average molecular weight is 556 g/mol. The Balaban J connectivity index is 1.42. The summed E-state index contributed by atoms with van der Waals surface area (Å²) >= 11 is 0. The lowest BCUT2D eigenvalue weighted by Gasteiger charge is -2.25. The zero-order chi connectivity index (χ0) is 29.0. The minimum Gasteiger partial charge on any atom is -0.379 e. The molecule has 1 aliphatic heterocycles. The first-order valence-corrected chi connectivity index (χ1v) is 13.7. The lowest BCUT2D eigenvalue weighted by Crippen LogP contribution is -2.35. The van der Waals surface area contributed by atoms with Crippen LogP contribution in [0.25, 0.3) is 5.82 Å². The van der Waals surface area contributed by atoms with Crippen LogP contribution < -0.4 is 16.0 Å². The number of aryl methyl sites for hydroxylation is 1. The fraction of sp³-hybridized carbons (Fsp3) is 0.367. The van der Waals surface area contributed by atoms with Crippen LogP contribution in [0.15, 0.2) is 55.0 Å². The summed E-state index contributed by atoms with van der Waals surface area (Å²) in [5.41, 5.74) is 4.72. The number of anilines is 4. The van der Waals surface area contributed by atoms with Crippen molar-refractivity contribution in [2.24, 2.45) is 0 Å². The number of carbonyl (C=O) groups excluding carboxylic acids is 1. The Morgan fingerprint density at radius 2 is 1.83 bits per heavy atom. The highest BCUT2D eigenvalue weighted by molar-refractivity contribution is 6.05. The molecule has 1 aromatic carbocycles. The van der Waals surface area contributed by atoms with E-state index in [1.165, 1.54) is 6.33 Å². The molecule has 11 heteroatoms. The number of amides is 1. The first-order valence-electron chi connectivity index (χ1n) is 13.7. The molecule has 0 unspecified atom stereocenters. The Morgan fingerprint density at radius 3 is 2.59 bits per heavy atom. The topological polar surface area (TPSA) is 122 Å². The number of hydrogen-bond donors (Lipinski definition) is 3. The molecular weight excluding hydrogens is 518 g/mol. The molecule has 0 saturated carbocycles. The summed E-state index contributed by atoms with van der Waals surface area (Å²) in [5.74, 6) is 1.85. The van der Waals surface area contributed by atoms with E-state index in [1.54, 1.807) is 16.9 Å². The van der Waals surface area contributed by atoms with Crippen LogP contribution in [-0.2, 0) is 16.7 Å². The van der Waals surface area contributed by atoms with E-state index in [9.17, 15) is 4.79 Å². The normalized spacial score (nSPS) is 14.1. The number of benzene rings is 1. The molecule has 3 aromatic heterocycles.